The van der Waals surface area contributed by atoms with Gasteiger partial charge >= 0.3 is 0 Å². The second-order valence-electron chi connectivity index (χ2n) is 5.43. The van der Waals surface area contributed by atoms with Gasteiger partial charge in [-0.3, -0.25) is 4.68 Å². The van der Waals surface area contributed by atoms with Crippen LogP contribution in [0.5, 0.6) is 0 Å². The van der Waals surface area contributed by atoms with Gasteiger partial charge in [0, 0.05) is 18.8 Å². The van der Waals surface area contributed by atoms with E-state index in [4.69, 9.17) is 5.73 Å². The molecule has 0 aromatic carbocycles. The first-order valence-corrected chi connectivity index (χ1v) is 5.67. The molecule has 2 N–H and O–H groups in total. The predicted octanol–water partition coefficient (Wildman–Crippen LogP) is 2.21. The van der Waals surface area contributed by atoms with Crippen molar-refractivity contribution in [2.75, 3.05) is 0 Å². The molecule has 3 heteroatoms. The summed E-state index contributed by atoms with van der Waals surface area (Å²) in [4.78, 5) is 0. The average molecular weight is 209 g/mol. The highest BCUT2D eigenvalue weighted by molar-refractivity contribution is 5.06. The van der Waals surface area contributed by atoms with E-state index in [-0.39, 0.29) is 6.04 Å². The molecule has 15 heavy (non-hydrogen) atoms. The normalized spacial score (nSPS) is 14.2. The summed E-state index contributed by atoms with van der Waals surface area (Å²) in [6.45, 7) is 9.69. The largest absolute Gasteiger partial charge is 0.327 e. The smallest absolute Gasteiger partial charge is 0.0522 e. The molecule has 0 saturated carbocycles. The van der Waals surface area contributed by atoms with E-state index in [1.165, 1.54) is 5.56 Å². The Bertz CT molecular complexity index is 296. The van der Waals surface area contributed by atoms with Crippen LogP contribution in [0.15, 0.2) is 12.4 Å². The summed E-state index contributed by atoms with van der Waals surface area (Å²) in [7, 11) is 0. The summed E-state index contributed by atoms with van der Waals surface area (Å²) in [5.41, 5.74) is 7.66. The van der Waals surface area contributed by atoms with E-state index >= 15 is 0 Å². The molecule has 0 saturated heterocycles. The van der Waals surface area contributed by atoms with Crippen molar-refractivity contribution in [1.82, 2.24) is 9.78 Å². The molecule has 0 bridgehead atoms. The molecule has 0 aliphatic rings. The lowest BCUT2D eigenvalue weighted by Gasteiger charge is -2.22. The third-order valence-electron chi connectivity index (χ3n) is 2.38. The van der Waals surface area contributed by atoms with E-state index in [1.54, 1.807) is 0 Å². The van der Waals surface area contributed by atoms with Crippen molar-refractivity contribution in [3.8, 4) is 0 Å². The average Bonchev–Trinajstić information content (AvgIpc) is 2.48. The lowest BCUT2D eigenvalue weighted by Crippen LogP contribution is -2.28. The summed E-state index contributed by atoms with van der Waals surface area (Å²) >= 11 is 0. The highest BCUT2D eigenvalue weighted by Crippen LogP contribution is 2.21. The van der Waals surface area contributed by atoms with Crippen LogP contribution in [0.1, 0.15) is 39.7 Å². The maximum Gasteiger partial charge on any atom is 0.0522 e. The lowest BCUT2D eigenvalue weighted by molar-refractivity contribution is 0.338. The number of nitrogens with zero attached hydrogens (tertiary/aromatic N) is 2. The van der Waals surface area contributed by atoms with Gasteiger partial charge in [-0.2, -0.15) is 5.10 Å². The molecule has 0 fully saturated rings. The number of aromatic nitrogens is 2. The minimum Gasteiger partial charge on any atom is -0.327 e. The van der Waals surface area contributed by atoms with Crippen LogP contribution in [0, 0.1) is 5.41 Å². The van der Waals surface area contributed by atoms with Crippen molar-refractivity contribution >= 4 is 0 Å². The van der Waals surface area contributed by atoms with Gasteiger partial charge in [-0.1, -0.05) is 20.8 Å². The molecule has 0 amide bonds. The first-order valence-electron chi connectivity index (χ1n) is 5.67. The fourth-order valence-electron chi connectivity index (χ4n) is 1.85. The summed E-state index contributed by atoms with van der Waals surface area (Å²) in [6, 6.07) is 0.236. The van der Waals surface area contributed by atoms with Crippen molar-refractivity contribution in [3.05, 3.63) is 18.0 Å². The van der Waals surface area contributed by atoms with Gasteiger partial charge in [0.1, 0.15) is 0 Å². The molecular formula is C12H23N3. The summed E-state index contributed by atoms with van der Waals surface area (Å²) in [6.07, 6.45) is 5.98. The Hall–Kier alpha value is -0.830. The first kappa shape index (κ1) is 12.2. The SMILES string of the molecule is CCn1cc(CC(N)CC(C)(C)C)cn1. The van der Waals surface area contributed by atoms with Crippen LogP contribution in [0.2, 0.25) is 0 Å². The van der Waals surface area contributed by atoms with Crippen molar-refractivity contribution in [2.45, 2.75) is 53.1 Å². The number of hydrogen-bond acceptors (Lipinski definition) is 2. The summed E-state index contributed by atoms with van der Waals surface area (Å²) in [5.74, 6) is 0. The van der Waals surface area contributed by atoms with Crippen molar-refractivity contribution in [2.24, 2.45) is 11.1 Å². The van der Waals surface area contributed by atoms with Gasteiger partial charge in [0.25, 0.3) is 0 Å². The van der Waals surface area contributed by atoms with E-state index in [2.05, 4.69) is 39.0 Å². The summed E-state index contributed by atoms with van der Waals surface area (Å²) < 4.78 is 1.94. The quantitative estimate of drug-likeness (QED) is 0.826. The van der Waals surface area contributed by atoms with Crippen molar-refractivity contribution in [3.63, 3.8) is 0 Å². The molecule has 1 unspecified atom stereocenters. The monoisotopic (exact) mass is 209 g/mol. The van der Waals surface area contributed by atoms with Crippen LogP contribution in [0.4, 0.5) is 0 Å². The highest BCUT2D eigenvalue weighted by Gasteiger charge is 2.16. The molecule has 1 rings (SSSR count). The topological polar surface area (TPSA) is 43.8 Å². The molecule has 0 aliphatic carbocycles. The Morgan fingerprint density at radius 3 is 2.60 bits per heavy atom. The second-order valence-corrected chi connectivity index (χ2v) is 5.43. The first-order chi connectivity index (χ1) is 6.90. The Balaban J connectivity index is 2.47. The fourth-order valence-corrected chi connectivity index (χ4v) is 1.85. The third kappa shape index (κ3) is 4.47. The predicted molar refractivity (Wildman–Crippen MR) is 63.7 cm³/mol. The van der Waals surface area contributed by atoms with E-state index in [1.807, 2.05) is 10.9 Å². The molecule has 1 heterocycles. The molecule has 3 nitrogen and oxygen atoms in total. The number of aryl methyl sites for hydroxylation is 1. The van der Waals surface area contributed by atoms with Crippen molar-refractivity contribution < 1.29 is 0 Å². The van der Waals surface area contributed by atoms with Gasteiger partial charge in [0.05, 0.1) is 6.20 Å². The van der Waals surface area contributed by atoms with Gasteiger partial charge in [-0.25, -0.2) is 0 Å². The molecule has 0 spiro atoms. The van der Waals surface area contributed by atoms with E-state index in [9.17, 15) is 0 Å². The van der Waals surface area contributed by atoms with Gasteiger partial charge in [0.2, 0.25) is 0 Å². The van der Waals surface area contributed by atoms with Gasteiger partial charge in [-0.15, -0.1) is 0 Å². The Labute approximate surface area is 92.7 Å². The molecule has 1 aromatic rings. The minimum absolute atomic E-state index is 0.236. The number of hydrogen-bond donors (Lipinski definition) is 1. The zero-order chi connectivity index (χ0) is 11.5. The maximum atomic E-state index is 6.11. The maximum absolute atomic E-state index is 6.11. The van der Waals surface area contributed by atoms with Crippen LogP contribution >= 0.6 is 0 Å². The fraction of sp³-hybridized carbons (Fsp3) is 0.750. The second kappa shape index (κ2) is 4.79. The zero-order valence-corrected chi connectivity index (χ0v) is 10.3. The van der Waals surface area contributed by atoms with Gasteiger partial charge in [0.15, 0.2) is 0 Å². The highest BCUT2D eigenvalue weighted by atomic mass is 15.3. The zero-order valence-electron chi connectivity index (χ0n) is 10.3. The minimum atomic E-state index is 0.236. The van der Waals surface area contributed by atoms with E-state index in [0.29, 0.717) is 5.41 Å². The molecule has 0 radical (unpaired) electrons. The number of nitrogens with two attached hydrogens (primary N) is 1. The summed E-state index contributed by atoms with van der Waals surface area (Å²) in [5, 5.41) is 4.25. The standard InChI is InChI=1S/C12H23N3/c1-5-15-9-10(8-14-15)6-11(13)7-12(2,3)4/h8-9,11H,5-7,13H2,1-4H3. The Morgan fingerprint density at radius 1 is 1.47 bits per heavy atom. The van der Waals surface area contributed by atoms with Crippen LogP contribution in [0.3, 0.4) is 0 Å². The molecular weight excluding hydrogens is 186 g/mol. The molecule has 86 valence electrons. The molecule has 0 aliphatic heterocycles. The lowest BCUT2D eigenvalue weighted by atomic mass is 9.87. The Kier molecular flexibility index (Phi) is 3.91. The van der Waals surface area contributed by atoms with Crippen molar-refractivity contribution in [1.29, 1.82) is 0 Å². The van der Waals surface area contributed by atoms with Crippen LogP contribution in [-0.2, 0) is 13.0 Å². The van der Waals surface area contributed by atoms with Gasteiger partial charge in [-0.05, 0) is 30.7 Å². The van der Waals surface area contributed by atoms with E-state index in [0.717, 1.165) is 19.4 Å². The van der Waals surface area contributed by atoms with Crippen LogP contribution in [0.25, 0.3) is 0 Å². The third-order valence-corrected chi connectivity index (χ3v) is 2.38. The molecule has 1 aromatic heterocycles. The number of rotatable bonds is 4. The Morgan fingerprint density at radius 2 is 2.13 bits per heavy atom. The van der Waals surface area contributed by atoms with Crippen LogP contribution < -0.4 is 5.73 Å². The van der Waals surface area contributed by atoms with E-state index < -0.39 is 0 Å². The molecule has 1 atom stereocenters. The van der Waals surface area contributed by atoms with Crippen LogP contribution in [-0.4, -0.2) is 15.8 Å². The van der Waals surface area contributed by atoms with Gasteiger partial charge < -0.3 is 5.73 Å².